The van der Waals surface area contributed by atoms with Gasteiger partial charge in [-0.3, -0.25) is 0 Å². The summed E-state index contributed by atoms with van der Waals surface area (Å²) in [6, 6.07) is 3.97. The van der Waals surface area contributed by atoms with Crippen LogP contribution in [-0.2, 0) is 16.0 Å². The van der Waals surface area contributed by atoms with E-state index < -0.39 is 21.6 Å². The average Bonchev–Trinajstić information content (AvgIpc) is 2.36. The number of hydrogen-bond acceptors (Lipinski definition) is 5. The quantitative estimate of drug-likeness (QED) is 0.917. The first-order chi connectivity index (χ1) is 9.59. The van der Waals surface area contributed by atoms with Gasteiger partial charge in [-0.2, -0.15) is 13.2 Å². The van der Waals surface area contributed by atoms with E-state index in [1.165, 1.54) is 0 Å². The Bertz CT molecular complexity index is 771. The summed E-state index contributed by atoms with van der Waals surface area (Å²) in [6.45, 7) is 0. The van der Waals surface area contributed by atoms with Crippen LogP contribution in [0.15, 0.2) is 35.4 Å². The topological polar surface area (TPSA) is 85.9 Å². The van der Waals surface area contributed by atoms with E-state index in [0.717, 1.165) is 36.7 Å². The molecule has 0 aliphatic heterocycles. The predicted octanol–water partition coefficient (Wildman–Crippen LogP) is 2.15. The zero-order valence-corrected chi connectivity index (χ0v) is 11.5. The number of nitrogens with zero attached hydrogens (tertiary/aromatic N) is 2. The molecule has 1 aromatic carbocycles. The Balaban J connectivity index is 2.59. The molecule has 9 heteroatoms. The lowest BCUT2D eigenvalue weighted by molar-refractivity contribution is -0.137. The molecule has 0 unspecified atom stereocenters. The van der Waals surface area contributed by atoms with Crippen molar-refractivity contribution in [1.29, 1.82) is 0 Å². The van der Waals surface area contributed by atoms with E-state index in [0.29, 0.717) is 0 Å². The highest BCUT2D eigenvalue weighted by molar-refractivity contribution is 7.90. The lowest BCUT2D eigenvalue weighted by Gasteiger charge is -2.10. The Labute approximate surface area is 118 Å². The number of halogens is 3. The second-order valence-corrected chi connectivity index (χ2v) is 6.27. The molecule has 0 amide bonds. The maximum atomic E-state index is 12.5. The van der Waals surface area contributed by atoms with Crippen LogP contribution in [0, 0.1) is 0 Å². The normalized spacial score (nSPS) is 12.4. The number of hydrogen-bond donors (Lipinski definition) is 1. The van der Waals surface area contributed by atoms with Crippen molar-refractivity contribution < 1.29 is 21.6 Å². The number of rotatable bonds is 2. The fraction of sp³-hybridized carbons (Fsp3) is 0.167. The maximum Gasteiger partial charge on any atom is 0.416 e. The van der Waals surface area contributed by atoms with Crippen molar-refractivity contribution >= 4 is 15.8 Å². The molecule has 1 aromatic heterocycles. The molecular weight excluding hydrogens is 307 g/mol. The molecule has 0 bridgehead atoms. The van der Waals surface area contributed by atoms with Crippen LogP contribution in [0.3, 0.4) is 0 Å². The number of benzene rings is 1. The van der Waals surface area contributed by atoms with Gasteiger partial charge in [0.15, 0.2) is 9.84 Å². The first kappa shape index (κ1) is 15.2. The molecule has 0 saturated heterocycles. The van der Waals surface area contributed by atoms with Gasteiger partial charge in [0.05, 0.1) is 17.5 Å². The van der Waals surface area contributed by atoms with Gasteiger partial charge in [0.25, 0.3) is 0 Å². The molecule has 0 aliphatic carbocycles. The largest absolute Gasteiger partial charge is 0.416 e. The monoisotopic (exact) mass is 317 g/mol. The lowest BCUT2D eigenvalue weighted by atomic mass is 10.1. The molecule has 0 aliphatic rings. The smallest absolute Gasteiger partial charge is 0.368 e. The molecule has 0 radical (unpaired) electrons. The van der Waals surface area contributed by atoms with Gasteiger partial charge in [-0.15, -0.1) is 0 Å². The minimum atomic E-state index is -4.47. The first-order valence-corrected chi connectivity index (χ1v) is 7.48. The van der Waals surface area contributed by atoms with Crippen LogP contribution >= 0.6 is 0 Å². The van der Waals surface area contributed by atoms with Crippen molar-refractivity contribution in [2.75, 3.05) is 12.0 Å². The van der Waals surface area contributed by atoms with Crippen molar-refractivity contribution in [1.82, 2.24) is 9.97 Å². The van der Waals surface area contributed by atoms with Gasteiger partial charge in [-0.1, -0.05) is 12.1 Å². The van der Waals surface area contributed by atoms with Crippen LogP contribution in [0.2, 0.25) is 0 Å². The van der Waals surface area contributed by atoms with Crippen LogP contribution in [0.1, 0.15) is 5.56 Å². The maximum absolute atomic E-state index is 12.5. The van der Waals surface area contributed by atoms with Crippen LogP contribution < -0.4 is 5.73 Å². The Hall–Kier alpha value is -2.16. The van der Waals surface area contributed by atoms with E-state index in [9.17, 15) is 21.6 Å². The third-order valence-electron chi connectivity index (χ3n) is 2.66. The van der Waals surface area contributed by atoms with Crippen LogP contribution in [0.4, 0.5) is 19.1 Å². The molecular formula is C12H10F3N3O2S. The van der Waals surface area contributed by atoms with Crippen molar-refractivity contribution in [3.63, 3.8) is 0 Å². The molecule has 0 fully saturated rings. The summed E-state index contributed by atoms with van der Waals surface area (Å²) in [5, 5.41) is 0. The SMILES string of the molecule is CS(=O)(=O)c1cnc(N)nc1-c1ccc(C(F)(F)F)cc1. The summed E-state index contributed by atoms with van der Waals surface area (Å²) in [5.74, 6) is -0.169. The molecule has 0 spiro atoms. The Morgan fingerprint density at radius 2 is 1.71 bits per heavy atom. The van der Waals surface area contributed by atoms with Gasteiger partial charge in [0.2, 0.25) is 5.95 Å². The van der Waals surface area contributed by atoms with E-state index in [4.69, 9.17) is 5.73 Å². The molecule has 112 valence electrons. The molecule has 0 saturated carbocycles. The van der Waals surface area contributed by atoms with Gasteiger partial charge in [0, 0.05) is 11.8 Å². The second-order valence-electron chi connectivity index (χ2n) is 4.29. The second kappa shape index (κ2) is 4.99. The zero-order chi connectivity index (χ0) is 15.8. The highest BCUT2D eigenvalue weighted by atomic mass is 32.2. The molecule has 5 nitrogen and oxygen atoms in total. The van der Waals surface area contributed by atoms with Gasteiger partial charge in [-0.25, -0.2) is 18.4 Å². The fourth-order valence-electron chi connectivity index (χ4n) is 1.68. The van der Waals surface area contributed by atoms with Crippen LogP contribution in [0.5, 0.6) is 0 Å². The number of alkyl halides is 3. The fourth-order valence-corrected chi connectivity index (χ4v) is 2.44. The Morgan fingerprint density at radius 3 is 2.19 bits per heavy atom. The first-order valence-electron chi connectivity index (χ1n) is 5.59. The number of aromatic nitrogens is 2. The Morgan fingerprint density at radius 1 is 1.14 bits per heavy atom. The number of nitrogen functional groups attached to an aromatic ring is 1. The highest BCUT2D eigenvalue weighted by Crippen LogP contribution is 2.32. The molecule has 2 rings (SSSR count). The number of nitrogens with two attached hydrogens (primary N) is 1. The minimum absolute atomic E-state index is 0.0290. The molecule has 0 atom stereocenters. The Kier molecular flexibility index (Phi) is 3.62. The summed E-state index contributed by atoms with van der Waals surface area (Å²) in [4.78, 5) is 7.21. The molecule has 21 heavy (non-hydrogen) atoms. The summed E-state index contributed by atoms with van der Waals surface area (Å²) in [5.41, 5.74) is 4.75. The van der Waals surface area contributed by atoms with Crippen molar-refractivity contribution in [2.45, 2.75) is 11.1 Å². The summed E-state index contributed by atoms with van der Waals surface area (Å²) in [6.07, 6.45) is -2.48. The standard InChI is InChI=1S/C12H10F3N3O2S/c1-21(19,20)9-6-17-11(16)18-10(9)7-2-4-8(5-3-7)12(13,14)15/h2-6H,1H3,(H2,16,17,18). The van der Waals surface area contributed by atoms with Crippen molar-refractivity contribution in [3.05, 3.63) is 36.0 Å². The zero-order valence-electron chi connectivity index (χ0n) is 10.7. The van der Waals surface area contributed by atoms with E-state index in [1.807, 2.05) is 0 Å². The van der Waals surface area contributed by atoms with Crippen LogP contribution in [-0.4, -0.2) is 24.6 Å². The average molecular weight is 317 g/mol. The van der Waals surface area contributed by atoms with E-state index in [2.05, 4.69) is 9.97 Å². The van der Waals surface area contributed by atoms with Crippen molar-refractivity contribution in [3.8, 4) is 11.3 Å². The van der Waals surface area contributed by atoms with Gasteiger partial charge in [0.1, 0.15) is 4.90 Å². The summed E-state index contributed by atoms with van der Waals surface area (Å²) in [7, 11) is -3.64. The van der Waals surface area contributed by atoms with Gasteiger partial charge in [-0.05, 0) is 12.1 Å². The van der Waals surface area contributed by atoms with E-state index in [1.54, 1.807) is 0 Å². The van der Waals surface area contributed by atoms with E-state index >= 15 is 0 Å². The molecule has 1 heterocycles. The highest BCUT2D eigenvalue weighted by Gasteiger charge is 2.30. The lowest BCUT2D eigenvalue weighted by Crippen LogP contribution is -2.07. The number of sulfone groups is 1. The minimum Gasteiger partial charge on any atom is -0.368 e. The summed E-state index contributed by atoms with van der Waals surface area (Å²) < 4.78 is 60.9. The predicted molar refractivity (Wildman–Crippen MR) is 70.0 cm³/mol. The van der Waals surface area contributed by atoms with Crippen molar-refractivity contribution in [2.24, 2.45) is 0 Å². The van der Waals surface area contributed by atoms with Crippen LogP contribution in [0.25, 0.3) is 11.3 Å². The van der Waals surface area contributed by atoms with Gasteiger partial charge >= 0.3 is 6.18 Å². The molecule has 2 aromatic rings. The number of anilines is 1. The third kappa shape index (κ3) is 3.30. The van der Waals surface area contributed by atoms with E-state index in [-0.39, 0.29) is 22.1 Å². The molecule has 2 N–H and O–H groups in total. The third-order valence-corrected chi connectivity index (χ3v) is 3.76. The summed E-state index contributed by atoms with van der Waals surface area (Å²) >= 11 is 0. The van der Waals surface area contributed by atoms with Gasteiger partial charge < -0.3 is 5.73 Å².